The molecule has 1 heterocycles. The highest BCUT2D eigenvalue weighted by Gasteiger charge is 2.06. The summed E-state index contributed by atoms with van der Waals surface area (Å²) in [6, 6.07) is 9.35. The molecule has 4 heteroatoms. The van der Waals surface area contributed by atoms with Crippen molar-refractivity contribution in [3.8, 4) is 5.75 Å². The zero-order chi connectivity index (χ0) is 12.3. The Morgan fingerprint density at radius 1 is 1.41 bits per heavy atom. The largest absolute Gasteiger partial charge is 0.487 e. The van der Waals surface area contributed by atoms with Crippen molar-refractivity contribution in [3.63, 3.8) is 0 Å². The average Bonchev–Trinajstić information content (AvgIpc) is 2.80. The molecule has 0 aliphatic rings. The van der Waals surface area contributed by atoms with Crippen molar-refractivity contribution in [1.29, 1.82) is 0 Å². The van der Waals surface area contributed by atoms with E-state index in [1.165, 1.54) is 0 Å². The van der Waals surface area contributed by atoms with Crippen molar-refractivity contribution < 1.29 is 9.84 Å². The molecule has 0 bridgehead atoms. The van der Waals surface area contributed by atoms with E-state index >= 15 is 0 Å². The first-order valence-corrected chi connectivity index (χ1v) is 6.55. The first-order chi connectivity index (χ1) is 8.16. The van der Waals surface area contributed by atoms with Crippen molar-refractivity contribution in [3.05, 3.63) is 51.2 Å². The average molecular weight is 269 g/mol. The molecule has 0 amide bonds. The van der Waals surface area contributed by atoms with E-state index in [-0.39, 0.29) is 0 Å². The van der Waals surface area contributed by atoms with Crippen LogP contribution >= 0.6 is 22.9 Å². The van der Waals surface area contributed by atoms with Gasteiger partial charge in [0.05, 0.1) is 11.1 Å². The lowest BCUT2D eigenvalue weighted by atomic mass is 10.1. The molecule has 1 N–H and O–H groups in total. The fourth-order valence-corrected chi connectivity index (χ4v) is 2.30. The van der Waals surface area contributed by atoms with Gasteiger partial charge in [0, 0.05) is 4.88 Å². The van der Waals surface area contributed by atoms with E-state index in [9.17, 15) is 5.11 Å². The molecule has 90 valence electrons. The Bertz CT molecular complexity index is 480. The molecule has 0 radical (unpaired) electrons. The van der Waals surface area contributed by atoms with Crippen LogP contribution in [0.5, 0.6) is 5.75 Å². The van der Waals surface area contributed by atoms with Crippen LogP contribution in [-0.4, -0.2) is 5.11 Å². The van der Waals surface area contributed by atoms with Gasteiger partial charge < -0.3 is 9.84 Å². The predicted octanol–water partition coefficient (Wildman–Crippen LogP) is 4.03. The van der Waals surface area contributed by atoms with Crippen LogP contribution in [0.15, 0.2) is 35.7 Å². The van der Waals surface area contributed by atoms with Crippen LogP contribution in [0.25, 0.3) is 0 Å². The minimum absolute atomic E-state index is 0.515. The van der Waals surface area contributed by atoms with Crippen molar-refractivity contribution in [1.82, 2.24) is 0 Å². The standard InChI is InChI=1S/C13H13ClO2S/c1-9(15)10-4-5-13(12(14)7-10)16-8-11-3-2-6-17-11/h2-7,9,15H,8H2,1H3/t9-/m1/s1. The van der Waals surface area contributed by atoms with E-state index in [1.54, 1.807) is 30.4 Å². The van der Waals surface area contributed by atoms with Gasteiger partial charge >= 0.3 is 0 Å². The summed E-state index contributed by atoms with van der Waals surface area (Å²) in [5.74, 6) is 0.643. The number of benzene rings is 1. The molecule has 0 aliphatic carbocycles. The third-order valence-corrected chi connectivity index (χ3v) is 3.53. The van der Waals surface area contributed by atoms with Crippen molar-refractivity contribution in [2.75, 3.05) is 0 Å². The molecule has 17 heavy (non-hydrogen) atoms. The van der Waals surface area contributed by atoms with E-state index in [1.807, 2.05) is 23.6 Å². The molecular formula is C13H13ClO2S. The Kier molecular flexibility index (Phi) is 4.05. The van der Waals surface area contributed by atoms with Crippen molar-refractivity contribution >= 4 is 22.9 Å². The number of aliphatic hydroxyl groups excluding tert-OH is 1. The van der Waals surface area contributed by atoms with Crippen LogP contribution in [-0.2, 0) is 6.61 Å². The number of thiophene rings is 1. The Morgan fingerprint density at radius 2 is 2.24 bits per heavy atom. The Balaban J connectivity index is 2.06. The molecule has 2 nitrogen and oxygen atoms in total. The molecule has 0 fully saturated rings. The highest BCUT2D eigenvalue weighted by Crippen LogP contribution is 2.28. The summed E-state index contributed by atoms with van der Waals surface area (Å²) < 4.78 is 5.61. The third kappa shape index (κ3) is 3.22. The topological polar surface area (TPSA) is 29.5 Å². The summed E-state index contributed by atoms with van der Waals surface area (Å²) in [6.07, 6.45) is -0.515. The van der Waals surface area contributed by atoms with E-state index in [2.05, 4.69) is 0 Å². The second-order valence-electron chi connectivity index (χ2n) is 3.73. The second kappa shape index (κ2) is 5.54. The van der Waals surface area contributed by atoms with Crippen LogP contribution in [0.1, 0.15) is 23.5 Å². The van der Waals surface area contributed by atoms with Crippen molar-refractivity contribution in [2.24, 2.45) is 0 Å². The first-order valence-electron chi connectivity index (χ1n) is 5.29. The zero-order valence-electron chi connectivity index (χ0n) is 9.39. The number of rotatable bonds is 4. The molecule has 0 saturated carbocycles. The molecular weight excluding hydrogens is 256 g/mol. The molecule has 0 aliphatic heterocycles. The van der Waals surface area contributed by atoms with E-state index in [4.69, 9.17) is 16.3 Å². The maximum atomic E-state index is 9.42. The van der Waals surface area contributed by atoms with E-state index in [0.717, 1.165) is 10.4 Å². The fourth-order valence-electron chi connectivity index (χ4n) is 1.44. The van der Waals surface area contributed by atoms with E-state index < -0.39 is 6.10 Å². The lowest BCUT2D eigenvalue weighted by Gasteiger charge is -2.10. The molecule has 0 spiro atoms. The minimum Gasteiger partial charge on any atom is -0.487 e. The molecule has 0 saturated heterocycles. The summed E-state index contributed by atoms with van der Waals surface area (Å²) >= 11 is 7.73. The second-order valence-corrected chi connectivity index (χ2v) is 5.17. The Labute approximate surface area is 109 Å². The van der Waals surface area contributed by atoms with E-state index in [0.29, 0.717) is 17.4 Å². The summed E-state index contributed by atoms with van der Waals surface area (Å²) in [6.45, 7) is 2.23. The SMILES string of the molecule is C[C@@H](O)c1ccc(OCc2cccs2)c(Cl)c1. The maximum absolute atomic E-state index is 9.42. The normalized spacial score (nSPS) is 12.4. The summed E-state index contributed by atoms with van der Waals surface area (Å²) in [5.41, 5.74) is 0.790. The molecule has 2 rings (SSSR count). The summed E-state index contributed by atoms with van der Waals surface area (Å²) in [4.78, 5) is 1.15. The molecule has 1 atom stereocenters. The van der Waals surface area contributed by atoms with Crippen molar-refractivity contribution in [2.45, 2.75) is 19.6 Å². The molecule has 0 unspecified atom stereocenters. The van der Waals surface area contributed by atoms with Gasteiger partial charge in [-0.1, -0.05) is 23.7 Å². The maximum Gasteiger partial charge on any atom is 0.138 e. The van der Waals surface area contributed by atoms with Crippen LogP contribution in [0.2, 0.25) is 5.02 Å². The van der Waals surface area contributed by atoms with Crippen LogP contribution < -0.4 is 4.74 Å². The minimum atomic E-state index is -0.515. The Morgan fingerprint density at radius 3 is 2.82 bits per heavy atom. The monoisotopic (exact) mass is 268 g/mol. The first kappa shape index (κ1) is 12.4. The number of ether oxygens (including phenoxy) is 1. The van der Waals surface area contributed by atoms with Crippen LogP contribution in [0, 0.1) is 0 Å². The number of hydrogen-bond donors (Lipinski definition) is 1. The van der Waals surface area contributed by atoms with Crippen LogP contribution in [0.4, 0.5) is 0 Å². The van der Waals surface area contributed by atoms with Gasteiger partial charge in [0.25, 0.3) is 0 Å². The van der Waals surface area contributed by atoms with Gasteiger partial charge in [-0.3, -0.25) is 0 Å². The predicted molar refractivity (Wildman–Crippen MR) is 70.7 cm³/mol. The molecule has 1 aromatic carbocycles. The lowest BCUT2D eigenvalue weighted by Crippen LogP contribution is -1.96. The van der Waals surface area contributed by atoms with Gasteiger partial charge in [0.15, 0.2) is 0 Å². The highest BCUT2D eigenvalue weighted by atomic mass is 35.5. The quantitative estimate of drug-likeness (QED) is 0.907. The van der Waals surface area contributed by atoms with Gasteiger partial charge in [-0.05, 0) is 36.1 Å². The molecule has 2 aromatic rings. The van der Waals surface area contributed by atoms with Gasteiger partial charge in [-0.2, -0.15) is 0 Å². The molecule has 1 aromatic heterocycles. The smallest absolute Gasteiger partial charge is 0.138 e. The number of hydrogen-bond acceptors (Lipinski definition) is 3. The summed E-state index contributed by atoms with van der Waals surface area (Å²) in [7, 11) is 0. The lowest BCUT2D eigenvalue weighted by molar-refractivity contribution is 0.199. The third-order valence-electron chi connectivity index (χ3n) is 2.39. The number of aliphatic hydroxyl groups is 1. The van der Waals surface area contributed by atoms with Gasteiger partial charge in [0.2, 0.25) is 0 Å². The summed E-state index contributed by atoms with van der Waals surface area (Å²) in [5, 5.41) is 12.0. The van der Waals surface area contributed by atoms with Gasteiger partial charge in [0.1, 0.15) is 12.4 Å². The zero-order valence-corrected chi connectivity index (χ0v) is 11.0. The van der Waals surface area contributed by atoms with Gasteiger partial charge in [-0.25, -0.2) is 0 Å². The van der Waals surface area contributed by atoms with Gasteiger partial charge in [-0.15, -0.1) is 11.3 Å². The van der Waals surface area contributed by atoms with Crippen LogP contribution in [0.3, 0.4) is 0 Å². The highest BCUT2D eigenvalue weighted by molar-refractivity contribution is 7.09. The number of halogens is 1. The Hall–Kier alpha value is -1.03. The fraction of sp³-hybridized carbons (Fsp3) is 0.231.